The van der Waals surface area contributed by atoms with Gasteiger partial charge in [-0.2, -0.15) is 0 Å². The maximum Gasteiger partial charge on any atom is 0.309 e. The predicted octanol–water partition coefficient (Wildman–Crippen LogP) is -3.11. The zero-order valence-electron chi connectivity index (χ0n) is 8.09. The van der Waals surface area contributed by atoms with E-state index in [1.807, 2.05) is 0 Å². The molecule has 82 valence electrons. The first-order valence-corrected chi connectivity index (χ1v) is 3.69. The van der Waals surface area contributed by atoms with Crippen molar-refractivity contribution in [3.63, 3.8) is 0 Å². The molecular weight excluding hydrogens is 217 g/mol. The van der Waals surface area contributed by atoms with Crippen LogP contribution in [0.3, 0.4) is 0 Å². The fourth-order valence-corrected chi connectivity index (χ4v) is 0.377. The topological polar surface area (TPSA) is 78.3 Å². The minimum absolute atomic E-state index is 0. The van der Waals surface area contributed by atoms with Gasteiger partial charge in [0.05, 0.1) is 33.0 Å². The quantitative estimate of drug-likeness (QED) is 0.507. The summed E-state index contributed by atoms with van der Waals surface area (Å²) in [5.41, 5.74) is 8.50. The van der Waals surface area contributed by atoms with Crippen LogP contribution in [0, 0.1) is 0 Å². The molecule has 0 aromatic carbocycles. The molecule has 0 unspecified atom stereocenters. The van der Waals surface area contributed by atoms with Crippen LogP contribution in [0.5, 0.6) is 0 Å². The smallest absolute Gasteiger partial charge is 0.309 e. The van der Waals surface area contributed by atoms with E-state index in [1.54, 1.807) is 0 Å². The maximum atomic E-state index is 9.00. The van der Waals surface area contributed by atoms with E-state index in [2.05, 4.69) is 36.9 Å². The molecule has 0 bridgehead atoms. The first-order valence-electron chi connectivity index (χ1n) is 3.38. The third kappa shape index (κ3) is 49.4. The predicted molar refractivity (Wildman–Crippen MR) is 48.5 cm³/mol. The molecule has 4 N–H and O–H groups in total. The van der Waals surface area contributed by atoms with Gasteiger partial charge in [0, 0.05) is 0 Å². The molecule has 0 aliphatic carbocycles. The molecule has 0 fully saturated rings. The van der Waals surface area contributed by atoms with Gasteiger partial charge in [-0.15, -0.1) is 0 Å². The van der Waals surface area contributed by atoms with Gasteiger partial charge in [-0.05, 0) is 0 Å². The SMILES string of the molecule is C[N+](C)(C)CCOCl.NC(N)=O.[Cl-]. The lowest BCUT2D eigenvalue weighted by Gasteiger charge is -2.22. The van der Waals surface area contributed by atoms with E-state index < -0.39 is 6.03 Å². The Kier molecular flexibility index (Phi) is 14.0. The van der Waals surface area contributed by atoms with Crippen LogP contribution < -0.4 is 23.9 Å². The van der Waals surface area contributed by atoms with E-state index in [0.29, 0.717) is 6.61 Å². The molecular formula is C6H17Cl2N3O2. The molecule has 0 aromatic heterocycles. The van der Waals surface area contributed by atoms with E-state index in [-0.39, 0.29) is 12.4 Å². The number of carbonyl (C=O) groups excluding carboxylic acids is 1. The van der Waals surface area contributed by atoms with Gasteiger partial charge in [-0.1, -0.05) is 0 Å². The molecule has 0 aromatic rings. The second-order valence-electron chi connectivity index (χ2n) is 3.23. The number of hydrogen-bond donors (Lipinski definition) is 2. The van der Waals surface area contributed by atoms with Crippen molar-refractivity contribution in [1.29, 1.82) is 0 Å². The van der Waals surface area contributed by atoms with Crippen molar-refractivity contribution >= 4 is 17.9 Å². The Labute approximate surface area is 90.1 Å². The van der Waals surface area contributed by atoms with Gasteiger partial charge >= 0.3 is 6.03 Å². The maximum absolute atomic E-state index is 9.00. The van der Waals surface area contributed by atoms with Gasteiger partial charge in [0.1, 0.15) is 13.2 Å². The normalized spacial score (nSPS) is 9.23. The van der Waals surface area contributed by atoms with Crippen molar-refractivity contribution in [2.75, 3.05) is 34.3 Å². The Morgan fingerprint density at radius 3 is 1.77 bits per heavy atom. The Bertz CT molecular complexity index is 124. The third-order valence-corrected chi connectivity index (χ3v) is 0.994. The molecule has 0 saturated heterocycles. The molecule has 13 heavy (non-hydrogen) atoms. The Hall–Kier alpha value is -0.230. The van der Waals surface area contributed by atoms with Crippen LogP contribution in [0.2, 0.25) is 0 Å². The second-order valence-corrected chi connectivity index (χ2v) is 3.45. The summed E-state index contributed by atoms with van der Waals surface area (Å²) in [5, 5.41) is 0. The molecule has 2 amide bonds. The van der Waals surface area contributed by atoms with Crippen LogP contribution in [-0.2, 0) is 4.29 Å². The summed E-state index contributed by atoms with van der Waals surface area (Å²) >= 11 is 5.00. The van der Waals surface area contributed by atoms with Crippen molar-refractivity contribution in [3.05, 3.63) is 0 Å². The Morgan fingerprint density at radius 2 is 1.69 bits per heavy atom. The van der Waals surface area contributed by atoms with Crippen molar-refractivity contribution in [2.24, 2.45) is 11.5 Å². The lowest BCUT2D eigenvalue weighted by molar-refractivity contribution is -0.870. The number of hydrogen-bond acceptors (Lipinski definition) is 2. The molecule has 0 rings (SSSR count). The second kappa shape index (κ2) is 9.85. The number of nitrogens with zero attached hydrogens (tertiary/aromatic N) is 1. The number of primary amides is 2. The standard InChI is InChI=1S/C5H13ClNO.CH4N2O.ClH/c1-7(2,3)4-5-8-6;2-1(3)4;/h4-5H2,1-3H3;(H4,2,3,4);1H/q+1;;/p-1. The molecule has 0 saturated carbocycles. The zero-order chi connectivity index (χ0) is 10.2. The van der Waals surface area contributed by atoms with Crippen LogP contribution in [0.1, 0.15) is 0 Å². The number of carbonyl (C=O) groups is 1. The van der Waals surface area contributed by atoms with Crippen molar-refractivity contribution in [2.45, 2.75) is 0 Å². The van der Waals surface area contributed by atoms with Crippen molar-refractivity contribution in [1.82, 2.24) is 0 Å². The first-order chi connectivity index (χ1) is 5.29. The third-order valence-electron chi connectivity index (χ3n) is 0.839. The molecule has 0 aliphatic rings. The summed E-state index contributed by atoms with van der Waals surface area (Å²) < 4.78 is 5.27. The summed E-state index contributed by atoms with van der Waals surface area (Å²) in [6.45, 7) is 1.56. The average Bonchev–Trinajstić information content (AvgIpc) is 1.80. The Morgan fingerprint density at radius 1 is 1.38 bits per heavy atom. The number of nitrogens with two attached hydrogens (primary N) is 2. The van der Waals surface area contributed by atoms with Crippen LogP contribution >= 0.6 is 11.9 Å². The highest BCUT2D eigenvalue weighted by Crippen LogP contribution is 1.89. The molecule has 0 radical (unpaired) electrons. The molecule has 0 heterocycles. The summed E-state index contributed by atoms with van der Waals surface area (Å²) in [6, 6.07) is -0.833. The van der Waals surface area contributed by atoms with E-state index in [1.165, 1.54) is 0 Å². The van der Waals surface area contributed by atoms with Crippen LogP contribution in [-0.4, -0.2) is 44.8 Å². The lowest BCUT2D eigenvalue weighted by atomic mass is 10.5. The highest BCUT2D eigenvalue weighted by molar-refractivity contribution is 6.07. The molecule has 0 aliphatic heterocycles. The first kappa shape index (κ1) is 18.5. The number of rotatable bonds is 3. The van der Waals surface area contributed by atoms with Gasteiger partial charge in [0.25, 0.3) is 0 Å². The average molecular weight is 234 g/mol. The lowest BCUT2D eigenvalue weighted by Crippen LogP contribution is -3.00. The van der Waals surface area contributed by atoms with E-state index in [4.69, 9.17) is 16.7 Å². The largest absolute Gasteiger partial charge is 1.00 e. The zero-order valence-corrected chi connectivity index (χ0v) is 9.60. The monoisotopic (exact) mass is 233 g/mol. The van der Waals surface area contributed by atoms with Gasteiger partial charge in [0.15, 0.2) is 0 Å². The van der Waals surface area contributed by atoms with E-state index >= 15 is 0 Å². The van der Waals surface area contributed by atoms with Crippen LogP contribution in [0.4, 0.5) is 4.79 Å². The summed E-state index contributed by atoms with van der Waals surface area (Å²) in [5.74, 6) is 0. The fourth-order valence-electron chi connectivity index (χ4n) is 0.308. The molecule has 0 spiro atoms. The highest BCUT2D eigenvalue weighted by Gasteiger charge is 2.04. The van der Waals surface area contributed by atoms with Crippen molar-refractivity contribution < 1.29 is 26.0 Å². The van der Waals surface area contributed by atoms with Crippen LogP contribution in [0.25, 0.3) is 0 Å². The van der Waals surface area contributed by atoms with Crippen LogP contribution in [0.15, 0.2) is 0 Å². The van der Waals surface area contributed by atoms with Gasteiger partial charge < -0.3 is 28.4 Å². The molecule has 0 atom stereocenters. The number of amides is 2. The highest BCUT2D eigenvalue weighted by atomic mass is 35.5. The van der Waals surface area contributed by atoms with Gasteiger partial charge in [-0.3, -0.25) is 4.29 Å². The molecule has 5 nitrogen and oxygen atoms in total. The number of urea groups is 1. The molecule has 7 heteroatoms. The van der Waals surface area contributed by atoms with Crippen molar-refractivity contribution in [3.8, 4) is 0 Å². The fraction of sp³-hybridized carbons (Fsp3) is 0.833. The number of halogens is 2. The van der Waals surface area contributed by atoms with Gasteiger partial charge in [-0.25, -0.2) is 4.79 Å². The minimum Gasteiger partial charge on any atom is -1.00 e. The number of likely N-dealkylation sites (N-methyl/N-ethyl adjacent to an activating group) is 1. The van der Waals surface area contributed by atoms with Gasteiger partial charge in [0.2, 0.25) is 0 Å². The van der Waals surface area contributed by atoms with E-state index in [9.17, 15) is 0 Å². The van der Waals surface area contributed by atoms with E-state index in [0.717, 1.165) is 11.0 Å². The summed E-state index contributed by atoms with van der Waals surface area (Å²) in [7, 11) is 6.28. The summed E-state index contributed by atoms with van der Waals surface area (Å²) in [6.07, 6.45) is 0. The minimum atomic E-state index is -0.833. The number of quaternary nitrogens is 1. The summed E-state index contributed by atoms with van der Waals surface area (Å²) in [4.78, 5) is 9.00. The Balaban J connectivity index is -0.000000173.